The topological polar surface area (TPSA) is 132 Å². The number of carbonyl (C=O) groups is 2. The summed E-state index contributed by atoms with van der Waals surface area (Å²) in [5.41, 5.74) is 1.40. The van der Waals surface area contributed by atoms with Gasteiger partial charge in [-0.25, -0.2) is 23.9 Å². The summed E-state index contributed by atoms with van der Waals surface area (Å²) >= 11 is 0. The van der Waals surface area contributed by atoms with Gasteiger partial charge in [-0.1, -0.05) is 19.8 Å². The summed E-state index contributed by atoms with van der Waals surface area (Å²) in [4.78, 5) is 40.0. The smallest absolute Gasteiger partial charge is 0.358 e. The van der Waals surface area contributed by atoms with E-state index in [1.165, 1.54) is 7.11 Å². The van der Waals surface area contributed by atoms with Crippen molar-refractivity contribution in [2.75, 3.05) is 23.9 Å². The Morgan fingerprint density at radius 2 is 1.97 bits per heavy atom. The van der Waals surface area contributed by atoms with Crippen LogP contribution in [0, 0.1) is 5.82 Å². The van der Waals surface area contributed by atoms with Crippen LogP contribution in [0.5, 0.6) is 5.75 Å². The van der Waals surface area contributed by atoms with Crippen molar-refractivity contribution >= 4 is 29.4 Å². The number of carbonyl (C=O) groups excluding carboxylic acids is 1. The molecule has 0 radical (unpaired) electrons. The first-order chi connectivity index (χ1) is 18.4. The zero-order valence-electron chi connectivity index (χ0n) is 21.4. The van der Waals surface area contributed by atoms with Gasteiger partial charge >= 0.3 is 11.9 Å². The molecule has 1 aliphatic carbocycles. The molecular weight excluding hydrogens is 495 g/mol. The van der Waals surface area contributed by atoms with Crippen molar-refractivity contribution in [3.63, 3.8) is 0 Å². The van der Waals surface area contributed by atoms with E-state index in [2.05, 4.69) is 27.1 Å². The number of anilines is 3. The van der Waals surface area contributed by atoms with Crippen LogP contribution in [0.3, 0.4) is 0 Å². The highest BCUT2D eigenvalue weighted by atomic mass is 19.1. The summed E-state index contributed by atoms with van der Waals surface area (Å²) in [6, 6.07) is 2.21. The Kier molecular flexibility index (Phi) is 6.87. The average Bonchev–Trinajstić information content (AvgIpc) is 3.58. The van der Waals surface area contributed by atoms with Gasteiger partial charge in [-0.3, -0.25) is 4.57 Å². The monoisotopic (exact) mass is 524 g/mol. The second-order valence-corrected chi connectivity index (χ2v) is 9.20. The van der Waals surface area contributed by atoms with E-state index in [9.17, 15) is 19.1 Å². The van der Waals surface area contributed by atoms with Gasteiger partial charge in [0.05, 0.1) is 42.9 Å². The molecule has 12 heteroatoms. The van der Waals surface area contributed by atoms with E-state index in [1.54, 1.807) is 19.4 Å². The minimum atomic E-state index is -1.39. The third-order valence-corrected chi connectivity index (χ3v) is 7.05. The molecule has 0 spiro atoms. The van der Waals surface area contributed by atoms with E-state index in [-0.39, 0.29) is 41.8 Å². The van der Waals surface area contributed by atoms with Crippen LogP contribution in [0.1, 0.15) is 78.5 Å². The molecular formula is C26H29FN6O5. The lowest BCUT2D eigenvalue weighted by molar-refractivity contribution is 0.0517. The zero-order chi connectivity index (χ0) is 27.0. The molecule has 3 heterocycles. The molecule has 2 N–H and O–H groups in total. The van der Waals surface area contributed by atoms with E-state index in [4.69, 9.17) is 14.5 Å². The standard InChI is InChI=1S/C26H29FN6O5/c1-4-18-22-21(25(36)38-5-2)29-13-32(22)19-12-28-26(31-23(19)33(18)14-8-6-7-9-14)30-17-11-16(27)15(24(34)35)10-20(17)37-3/h10-14,18H,4-9H2,1-3H3,(H,34,35)(H,28,30,31)/t18-/m1/s1. The van der Waals surface area contributed by atoms with Crippen molar-refractivity contribution in [3.8, 4) is 11.4 Å². The molecule has 1 aliphatic heterocycles. The van der Waals surface area contributed by atoms with Crippen molar-refractivity contribution in [2.24, 2.45) is 0 Å². The number of hydrogen-bond acceptors (Lipinski definition) is 9. The predicted molar refractivity (Wildman–Crippen MR) is 136 cm³/mol. The summed E-state index contributed by atoms with van der Waals surface area (Å²) in [5, 5.41) is 12.2. The normalized spacial score (nSPS) is 16.6. The van der Waals surface area contributed by atoms with E-state index in [0.717, 1.165) is 43.5 Å². The van der Waals surface area contributed by atoms with Gasteiger partial charge in [0.1, 0.15) is 23.6 Å². The first-order valence-corrected chi connectivity index (χ1v) is 12.7. The molecule has 1 aromatic carbocycles. The highest BCUT2D eigenvalue weighted by molar-refractivity contribution is 5.90. The summed E-state index contributed by atoms with van der Waals surface area (Å²) in [6.45, 7) is 4.07. The molecule has 38 heavy (non-hydrogen) atoms. The molecule has 200 valence electrons. The van der Waals surface area contributed by atoms with Crippen LogP contribution in [0.15, 0.2) is 24.7 Å². The number of hydrogen-bond donors (Lipinski definition) is 2. The number of halogens is 1. The third-order valence-electron chi connectivity index (χ3n) is 7.05. The largest absolute Gasteiger partial charge is 0.495 e. The third kappa shape index (κ3) is 4.29. The first kappa shape index (κ1) is 25.4. The fourth-order valence-corrected chi connectivity index (χ4v) is 5.40. The van der Waals surface area contributed by atoms with Gasteiger partial charge in [0.15, 0.2) is 11.5 Å². The Balaban J connectivity index is 1.61. The van der Waals surface area contributed by atoms with Crippen LogP contribution in [-0.4, -0.2) is 56.3 Å². The lowest BCUT2D eigenvalue weighted by Crippen LogP contribution is -2.42. The number of fused-ring (bicyclic) bond motifs is 3. The summed E-state index contributed by atoms with van der Waals surface area (Å²) in [6.07, 6.45) is 8.10. The van der Waals surface area contributed by atoms with E-state index < -0.39 is 23.3 Å². The molecule has 1 saturated carbocycles. The molecule has 5 rings (SSSR count). The number of esters is 1. The highest BCUT2D eigenvalue weighted by Crippen LogP contribution is 2.45. The highest BCUT2D eigenvalue weighted by Gasteiger charge is 2.40. The minimum absolute atomic E-state index is 0.139. The van der Waals surface area contributed by atoms with Crippen molar-refractivity contribution in [1.29, 1.82) is 0 Å². The van der Waals surface area contributed by atoms with E-state index >= 15 is 0 Å². The number of nitrogens with one attached hydrogen (secondary N) is 1. The van der Waals surface area contributed by atoms with Crippen LogP contribution >= 0.6 is 0 Å². The molecule has 0 amide bonds. The Bertz CT molecular complexity index is 1390. The maximum Gasteiger partial charge on any atom is 0.358 e. The van der Waals surface area contributed by atoms with Crippen molar-refractivity contribution in [3.05, 3.63) is 47.4 Å². The number of carboxylic acids is 1. The fourth-order valence-electron chi connectivity index (χ4n) is 5.40. The Labute approximate surface area is 218 Å². The molecule has 2 aromatic heterocycles. The molecule has 11 nitrogen and oxygen atoms in total. The zero-order valence-corrected chi connectivity index (χ0v) is 21.4. The minimum Gasteiger partial charge on any atom is -0.495 e. The van der Waals surface area contributed by atoms with E-state index in [1.807, 2.05) is 4.57 Å². The maximum atomic E-state index is 14.5. The molecule has 3 aromatic rings. The Morgan fingerprint density at radius 3 is 2.63 bits per heavy atom. The number of benzene rings is 1. The Hall–Kier alpha value is -4.22. The lowest BCUT2D eigenvalue weighted by Gasteiger charge is -2.42. The number of nitrogens with zero attached hydrogens (tertiary/aromatic N) is 5. The number of methoxy groups -OCH3 is 1. The van der Waals surface area contributed by atoms with E-state index in [0.29, 0.717) is 17.9 Å². The second-order valence-electron chi connectivity index (χ2n) is 9.20. The van der Waals surface area contributed by atoms with Crippen LogP contribution < -0.4 is 15.0 Å². The summed E-state index contributed by atoms with van der Waals surface area (Å²) < 4.78 is 26.9. The van der Waals surface area contributed by atoms with Gasteiger partial charge in [-0.15, -0.1) is 0 Å². The summed E-state index contributed by atoms with van der Waals surface area (Å²) in [5.74, 6) is -1.77. The lowest BCUT2D eigenvalue weighted by atomic mass is 10.00. The molecule has 0 unspecified atom stereocenters. The second kappa shape index (κ2) is 10.3. The number of rotatable bonds is 8. The number of aromatic carboxylic acids is 1. The molecule has 0 bridgehead atoms. The molecule has 1 fully saturated rings. The van der Waals surface area contributed by atoms with Crippen molar-refractivity contribution < 1.29 is 28.6 Å². The molecule has 1 atom stereocenters. The SMILES string of the molecule is CCOC(=O)c1ncn2c1[C@@H](CC)N(C1CCCC1)c1nc(Nc3cc(F)c(C(=O)O)cc3OC)ncc1-2. The van der Waals surface area contributed by atoms with Crippen LogP contribution in [0.4, 0.5) is 21.8 Å². The first-order valence-electron chi connectivity index (χ1n) is 12.7. The van der Waals surface area contributed by atoms with Gasteiger partial charge in [0, 0.05) is 12.1 Å². The van der Waals surface area contributed by atoms with Crippen LogP contribution in [-0.2, 0) is 4.74 Å². The van der Waals surface area contributed by atoms with Gasteiger partial charge in [0.2, 0.25) is 5.95 Å². The quantitative estimate of drug-likeness (QED) is 0.402. The van der Waals surface area contributed by atoms with Gasteiger partial charge in [0.25, 0.3) is 0 Å². The number of carboxylic acid groups (broad SMARTS) is 1. The van der Waals surface area contributed by atoms with Gasteiger partial charge < -0.3 is 24.8 Å². The molecule has 2 aliphatic rings. The average molecular weight is 525 g/mol. The van der Waals surface area contributed by atoms with Crippen LogP contribution in [0.25, 0.3) is 5.69 Å². The number of aromatic nitrogens is 4. The van der Waals surface area contributed by atoms with Crippen LogP contribution in [0.2, 0.25) is 0 Å². The number of imidazole rings is 1. The van der Waals surface area contributed by atoms with Gasteiger partial charge in [-0.05, 0) is 32.3 Å². The van der Waals surface area contributed by atoms with Crippen molar-refractivity contribution in [2.45, 2.75) is 58.0 Å². The Morgan fingerprint density at radius 1 is 1.21 bits per heavy atom. The predicted octanol–water partition coefficient (Wildman–Crippen LogP) is 4.64. The molecule has 0 saturated heterocycles. The van der Waals surface area contributed by atoms with Gasteiger partial charge in [-0.2, -0.15) is 4.98 Å². The summed E-state index contributed by atoms with van der Waals surface area (Å²) in [7, 11) is 1.37. The number of ether oxygens (including phenoxy) is 2. The maximum absolute atomic E-state index is 14.5. The van der Waals surface area contributed by atoms with Crippen molar-refractivity contribution in [1.82, 2.24) is 19.5 Å². The fraction of sp³-hybridized carbons (Fsp3) is 0.423.